The molecule has 0 saturated carbocycles. The van der Waals surface area contributed by atoms with Gasteiger partial charge in [-0.3, -0.25) is 4.79 Å². The van der Waals surface area contributed by atoms with Gasteiger partial charge < -0.3 is 15.4 Å². The summed E-state index contributed by atoms with van der Waals surface area (Å²) in [6, 6.07) is 11.8. The molecule has 0 saturated heterocycles. The molecule has 0 aliphatic carbocycles. The summed E-state index contributed by atoms with van der Waals surface area (Å²) in [6.45, 7) is 11.2. The largest absolute Gasteiger partial charge is 0.491 e. The number of hydrogen-bond donors (Lipinski definition) is 2. The molecule has 0 atom stereocenters. The highest BCUT2D eigenvalue weighted by Gasteiger charge is 2.10. The number of para-hydroxylation sites is 2. The SMILES string of the molecule is Cc1cc(C)c(NCC(=O)Nc2ccccc2OCC(C)C)c(C)c1. The van der Waals surface area contributed by atoms with Crippen molar-refractivity contribution in [2.75, 3.05) is 23.8 Å². The van der Waals surface area contributed by atoms with Crippen molar-refractivity contribution in [3.05, 3.63) is 53.1 Å². The van der Waals surface area contributed by atoms with E-state index in [1.54, 1.807) is 0 Å². The van der Waals surface area contributed by atoms with Crippen LogP contribution in [0, 0.1) is 26.7 Å². The molecule has 2 aromatic carbocycles. The summed E-state index contributed by atoms with van der Waals surface area (Å²) in [4.78, 5) is 12.3. The Morgan fingerprint density at radius 2 is 1.72 bits per heavy atom. The maximum Gasteiger partial charge on any atom is 0.243 e. The topological polar surface area (TPSA) is 50.4 Å². The van der Waals surface area contributed by atoms with Gasteiger partial charge in [0.25, 0.3) is 0 Å². The highest BCUT2D eigenvalue weighted by atomic mass is 16.5. The molecule has 4 heteroatoms. The molecule has 134 valence electrons. The summed E-state index contributed by atoms with van der Waals surface area (Å²) < 4.78 is 5.78. The Balaban J connectivity index is 1.99. The zero-order chi connectivity index (χ0) is 18.4. The van der Waals surface area contributed by atoms with Crippen LogP contribution in [0.1, 0.15) is 30.5 Å². The van der Waals surface area contributed by atoms with Gasteiger partial charge in [-0.1, -0.05) is 43.7 Å². The number of amides is 1. The molecule has 1 amide bonds. The molecule has 0 bridgehead atoms. The van der Waals surface area contributed by atoms with E-state index in [1.807, 2.05) is 24.3 Å². The van der Waals surface area contributed by atoms with E-state index in [2.05, 4.69) is 57.4 Å². The number of benzene rings is 2. The van der Waals surface area contributed by atoms with Crippen molar-refractivity contribution in [1.29, 1.82) is 0 Å². The van der Waals surface area contributed by atoms with Crippen LogP contribution in [0.25, 0.3) is 0 Å². The molecule has 2 rings (SSSR count). The molecule has 0 unspecified atom stereocenters. The second-order valence-electron chi connectivity index (χ2n) is 6.88. The van der Waals surface area contributed by atoms with E-state index in [1.165, 1.54) is 5.56 Å². The number of rotatable bonds is 7. The average Bonchev–Trinajstić information content (AvgIpc) is 2.53. The van der Waals surface area contributed by atoms with E-state index in [9.17, 15) is 4.79 Å². The molecule has 0 radical (unpaired) electrons. The molecule has 4 nitrogen and oxygen atoms in total. The third-order valence-corrected chi connectivity index (χ3v) is 3.84. The average molecular weight is 340 g/mol. The van der Waals surface area contributed by atoms with Crippen LogP contribution in [0.5, 0.6) is 5.75 Å². The molecule has 25 heavy (non-hydrogen) atoms. The fourth-order valence-electron chi connectivity index (χ4n) is 2.77. The first-order chi connectivity index (χ1) is 11.9. The number of aryl methyl sites for hydroxylation is 3. The monoisotopic (exact) mass is 340 g/mol. The maximum absolute atomic E-state index is 12.3. The summed E-state index contributed by atoms with van der Waals surface area (Å²) >= 11 is 0. The fraction of sp³-hybridized carbons (Fsp3) is 0.381. The first-order valence-corrected chi connectivity index (χ1v) is 8.70. The maximum atomic E-state index is 12.3. The zero-order valence-corrected chi connectivity index (χ0v) is 15.8. The van der Waals surface area contributed by atoms with Gasteiger partial charge in [-0.15, -0.1) is 0 Å². The third kappa shape index (κ3) is 5.52. The van der Waals surface area contributed by atoms with Crippen LogP contribution in [0.2, 0.25) is 0 Å². The minimum absolute atomic E-state index is 0.0972. The van der Waals surface area contributed by atoms with Gasteiger partial charge in [0.15, 0.2) is 0 Å². The summed E-state index contributed by atoms with van der Waals surface area (Å²) in [5, 5.41) is 6.17. The Bertz CT molecular complexity index is 715. The second-order valence-corrected chi connectivity index (χ2v) is 6.88. The first-order valence-electron chi connectivity index (χ1n) is 8.70. The lowest BCUT2D eigenvalue weighted by molar-refractivity contribution is -0.114. The van der Waals surface area contributed by atoms with Gasteiger partial charge in [-0.2, -0.15) is 0 Å². The van der Waals surface area contributed by atoms with Crippen molar-refractivity contribution in [3.63, 3.8) is 0 Å². The third-order valence-electron chi connectivity index (χ3n) is 3.84. The van der Waals surface area contributed by atoms with Gasteiger partial charge in [-0.25, -0.2) is 0 Å². The van der Waals surface area contributed by atoms with E-state index in [-0.39, 0.29) is 12.5 Å². The molecule has 0 heterocycles. The van der Waals surface area contributed by atoms with Gasteiger partial charge in [0, 0.05) is 5.69 Å². The Morgan fingerprint density at radius 3 is 2.36 bits per heavy atom. The van der Waals surface area contributed by atoms with Gasteiger partial charge in [0.05, 0.1) is 18.8 Å². The van der Waals surface area contributed by atoms with Crippen LogP contribution in [0.4, 0.5) is 11.4 Å². The lowest BCUT2D eigenvalue weighted by atomic mass is 10.1. The van der Waals surface area contributed by atoms with Gasteiger partial charge in [0.1, 0.15) is 5.75 Å². The Hall–Kier alpha value is -2.49. The van der Waals surface area contributed by atoms with Crippen molar-refractivity contribution in [1.82, 2.24) is 0 Å². The van der Waals surface area contributed by atoms with E-state index in [0.717, 1.165) is 16.8 Å². The molecule has 0 aliphatic rings. The molecule has 0 spiro atoms. The second kappa shape index (κ2) is 8.56. The van der Waals surface area contributed by atoms with E-state index in [0.29, 0.717) is 24.0 Å². The number of anilines is 2. The Kier molecular flexibility index (Phi) is 6.45. The van der Waals surface area contributed by atoms with Crippen LogP contribution in [-0.2, 0) is 4.79 Å². The normalized spacial score (nSPS) is 10.6. The number of carbonyl (C=O) groups excluding carboxylic acids is 1. The number of carbonyl (C=O) groups is 1. The summed E-state index contributed by atoms with van der Waals surface area (Å²) in [7, 11) is 0. The first kappa shape index (κ1) is 18.8. The van der Waals surface area contributed by atoms with E-state index >= 15 is 0 Å². The molecule has 0 fully saturated rings. The summed E-state index contributed by atoms with van der Waals surface area (Å²) in [6.07, 6.45) is 0. The molecular weight excluding hydrogens is 312 g/mol. The van der Waals surface area contributed by atoms with Crippen molar-refractivity contribution in [3.8, 4) is 5.75 Å². The molecular formula is C21H28N2O2. The highest BCUT2D eigenvalue weighted by Crippen LogP contribution is 2.25. The van der Waals surface area contributed by atoms with Crippen LogP contribution in [0.15, 0.2) is 36.4 Å². The van der Waals surface area contributed by atoms with Crippen molar-refractivity contribution in [2.45, 2.75) is 34.6 Å². The zero-order valence-electron chi connectivity index (χ0n) is 15.8. The van der Waals surface area contributed by atoms with Gasteiger partial charge in [0.2, 0.25) is 5.91 Å². The van der Waals surface area contributed by atoms with Crippen LogP contribution >= 0.6 is 0 Å². The molecule has 2 N–H and O–H groups in total. The van der Waals surface area contributed by atoms with Crippen LogP contribution in [-0.4, -0.2) is 19.1 Å². The minimum atomic E-state index is -0.0972. The van der Waals surface area contributed by atoms with Gasteiger partial charge in [-0.05, 0) is 49.9 Å². The number of hydrogen-bond acceptors (Lipinski definition) is 3. The minimum Gasteiger partial charge on any atom is -0.491 e. The van der Waals surface area contributed by atoms with E-state index < -0.39 is 0 Å². The fourth-order valence-corrected chi connectivity index (χ4v) is 2.77. The molecule has 0 aromatic heterocycles. The summed E-state index contributed by atoms with van der Waals surface area (Å²) in [5.74, 6) is 1.03. The quantitative estimate of drug-likeness (QED) is 0.768. The predicted molar refractivity (Wildman–Crippen MR) is 105 cm³/mol. The molecule has 2 aromatic rings. The van der Waals surface area contributed by atoms with Crippen molar-refractivity contribution in [2.24, 2.45) is 5.92 Å². The standard InChI is InChI=1S/C21H28N2O2/c1-14(2)13-25-19-9-7-6-8-18(19)23-20(24)12-22-21-16(4)10-15(3)11-17(21)5/h6-11,14,22H,12-13H2,1-5H3,(H,23,24). The lowest BCUT2D eigenvalue weighted by Crippen LogP contribution is -2.23. The predicted octanol–water partition coefficient (Wildman–Crippen LogP) is 4.70. The number of ether oxygens (including phenoxy) is 1. The van der Waals surface area contributed by atoms with Crippen LogP contribution < -0.4 is 15.4 Å². The Labute approximate surface area is 150 Å². The van der Waals surface area contributed by atoms with Crippen molar-refractivity contribution < 1.29 is 9.53 Å². The van der Waals surface area contributed by atoms with Crippen molar-refractivity contribution >= 4 is 17.3 Å². The molecule has 0 aliphatic heterocycles. The lowest BCUT2D eigenvalue weighted by Gasteiger charge is -2.16. The summed E-state index contributed by atoms with van der Waals surface area (Å²) in [5.41, 5.74) is 5.23. The van der Waals surface area contributed by atoms with E-state index in [4.69, 9.17) is 4.74 Å². The van der Waals surface area contributed by atoms with Crippen LogP contribution in [0.3, 0.4) is 0 Å². The Morgan fingerprint density at radius 1 is 1.08 bits per heavy atom. The van der Waals surface area contributed by atoms with Gasteiger partial charge >= 0.3 is 0 Å². The highest BCUT2D eigenvalue weighted by molar-refractivity contribution is 5.95. The number of nitrogens with one attached hydrogen (secondary N) is 2. The smallest absolute Gasteiger partial charge is 0.243 e.